The number of thioether (sulfide) groups is 1. The average Bonchev–Trinajstić information content (AvgIpc) is 3.08. The highest BCUT2D eigenvalue weighted by Crippen LogP contribution is 2.34. The van der Waals surface area contributed by atoms with Crippen LogP contribution in [0.2, 0.25) is 0 Å². The fraction of sp³-hybridized carbons (Fsp3) is 0.250. The molecule has 4 rings (SSSR count). The van der Waals surface area contributed by atoms with Crippen molar-refractivity contribution in [2.45, 2.75) is 19.9 Å². The molecular formula is C24H23FN4O3S2. The number of hydrogen-bond acceptors (Lipinski definition) is 7. The van der Waals surface area contributed by atoms with Gasteiger partial charge in [0, 0.05) is 26.5 Å². The fourth-order valence-corrected chi connectivity index (χ4v) is 4.72. The predicted molar refractivity (Wildman–Crippen MR) is 136 cm³/mol. The van der Waals surface area contributed by atoms with Gasteiger partial charge in [0.1, 0.15) is 21.6 Å². The van der Waals surface area contributed by atoms with Crippen LogP contribution in [0.5, 0.6) is 0 Å². The molecule has 0 aliphatic carbocycles. The monoisotopic (exact) mass is 498 g/mol. The van der Waals surface area contributed by atoms with Gasteiger partial charge in [-0.1, -0.05) is 42.2 Å². The second kappa shape index (κ2) is 10.5. The third-order valence-electron chi connectivity index (χ3n) is 5.23. The summed E-state index contributed by atoms with van der Waals surface area (Å²) < 4.78 is 20.2. The zero-order chi connectivity index (χ0) is 24.2. The maximum atomic E-state index is 13.4. The molecule has 0 atom stereocenters. The Morgan fingerprint density at radius 2 is 1.97 bits per heavy atom. The molecule has 0 bridgehead atoms. The van der Waals surface area contributed by atoms with Gasteiger partial charge in [-0.2, -0.15) is 0 Å². The maximum Gasteiger partial charge on any atom is 0.267 e. The molecule has 1 aliphatic heterocycles. The average molecular weight is 499 g/mol. The predicted octanol–water partition coefficient (Wildman–Crippen LogP) is 3.99. The summed E-state index contributed by atoms with van der Waals surface area (Å²) in [5.41, 5.74) is 2.16. The summed E-state index contributed by atoms with van der Waals surface area (Å²) in [6.45, 7) is 3.23. The van der Waals surface area contributed by atoms with Gasteiger partial charge in [0.05, 0.1) is 17.0 Å². The maximum absolute atomic E-state index is 13.4. The largest absolute Gasteiger partial charge is 0.385 e. The molecule has 1 amide bonds. The number of carbonyl (C=O) groups excluding carboxylic acids is 1. The molecule has 0 unspecified atom stereocenters. The zero-order valence-corrected chi connectivity index (χ0v) is 20.3. The molecule has 1 saturated heterocycles. The quantitative estimate of drug-likeness (QED) is 0.286. The van der Waals surface area contributed by atoms with Gasteiger partial charge in [-0.15, -0.1) is 0 Å². The topological polar surface area (TPSA) is 75.9 Å². The van der Waals surface area contributed by atoms with E-state index in [-0.39, 0.29) is 29.4 Å². The third kappa shape index (κ3) is 5.19. The van der Waals surface area contributed by atoms with Crippen LogP contribution in [-0.4, -0.2) is 44.8 Å². The molecule has 2 aromatic heterocycles. The zero-order valence-electron chi connectivity index (χ0n) is 18.7. The SMILES string of the molecule is COCCCNc1nc2ccc(C)cn2c(=O)c1/C=C1/SC(=S)N(Cc2ccc(F)cc2)C1=O. The van der Waals surface area contributed by atoms with Crippen LogP contribution in [0.15, 0.2) is 52.3 Å². The summed E-state index contributed by atoms with van der Waals surface area (Å²) >= 11 is 6.55. The molecule has 3 aromatic rings. The van der Waals surface area contributed by atoms with Crippen molar-refractivity contribution in [2.75, 3.05) is 25.6 Å². The first-order chi connectivity index (χ1) is 16.4. The Balaban J connectivity index is 1.69. The Hall–Kier alpha value is -3.08. The van der Waals surface area contributed by atoms with E-state index in [4.69, 9.17) is 17.0 Å². The van der Waals surface area contributed by atoms with Gasteiger partial charge in [0.15, 0.2) is 0 Å². The van der Waals surface area contributed by atoms with E-state index in [0.717, 1.165) is 29.3 Å². The Bertz CT molecular complexity index is 1340. The Morgan fingerprint density at radius 3 is 2.71 bits per heavy atom. The van der Waals surface area contributed by atoms with Crippen molar-refractivity contribution >= 4 is 51.7 Å². The van der Waals surface area contributed by atoms with Crippen LogP contribution >= 0.6 is 24.0 Å². The summed E-state index contributed by atoms with van der Waals surface area (Å²) in [5.74, 6) is -0.258. The van der Waals surface area contributed by atoms with Crippen molar-refractivity contribution in [3.05, 3.63) is 80.4 Å². The van der Waals surface area contributed by atoms with Crippen molar-refractivity contribution in [1.29, 1.82) is 0 Å². The molecule has 0 radical (unpaired) electrons. The highest BCUT2D eigenvalue weighted by molar-refractivity contribution is 8.26. The van der Waals surface area contributed by atoms with Crippen molar-refractivity contribution < 1.29 is 13.9 Å². The summed E-state index contributed by atoms with van der Waals surface area (Å²) in [4.78, 5) is 32.9. The lowest BCUT2D eigenvalue weighted by Crippen LogP contribution is -2.27. The number of rotatable bonds is 8. The molecule has 10 heteroatoms. The first-order valence-corrected chi connectivity index (χ1v) is 11.9. The number of benzene rings is 1. The van der Waals surface area contributed by atoms with Crippen LogP contribution in [-0.2, 0) is 16.1 Å². The van der Waals surface area contributed by atoms with Gasteiger partial charge in [0.2, 0.25) is 0 Å². The summed E-state index contributed by atoms with van der Waals surface area (Å²) in [5, 5.41) is 3.20. The number of anilines is 1. The van der Waals surface area contributed by atoms with Gasteiger partial charge in [-0.25, -0.2) is 9.37 Å². The van der Waals surface area contributed by atoms with Crippen LogP contribution in [0.3, 0.4) is 0 Å². The number of nitrogens with zero attached hydrogens (tertiary/aromatic N) is 3. The Morgan fingerprint density at radius 1 is 1.21 bits per heavy atom. The fourth-order valence-electron chi connectivity index (χ4n) is 3.49. The summed E-state index contributed by atoms with van der Waals surface area (Å²) in [6.07, 6.45) is 3.99. The normalized spacial score (nSPS) is 15.0. The summed E-state index contributed by atoms with van der Waals surface area (Å²) in [6, 6.07) is 9.57. The molecule has 0 saturated carbocycles. The minimum atomic E-state index is -0.348. The smallest absolute Gasteiger partial charge is 0.267 e. The van der Waals surface area contributed by atoms with Crippen molar-refractivity contribution in [3.8, 4) is 0 Å². The van der Waals surface area contributed by atoms with Gasteiger partial charge < -0.3 is 10.1 Å². The number of aromatic nitrogens is 2. The van der Waals surface area contributed by atoms with E-state index < -0.39 is 0 Å². The van der Waals surface area contributed by atoms with Crippen molar-refractivity contribution in [1.82, 2.24) is 14.3 Å². The van der Waals surface area contributed by atoms with Gasteiger partial charge in [-0.05, 0) is 48.7 Å². The molecule has 3 heterocycles. The minimum Gasteiger partial charge on any atom is -0.385 e. The molecule has 1 aromatic carbocycles. The first kappa shape index (κ1) is 24.1. The number of fused-ring (bicyclic) bond motifs is 1. The number of nitrogens with one attached hydrogen (secondary N) is 1. The molecule has 1 aliphatic rings. The standard InChI is InChI=1S/C24H23FN4O3S2/c1-15-4-9-20-27-21(26-10-3-11-32-2)18(22(30)28(20)13-15)12-19-23(31)29(24(33)34-19)14-16-5-7-17(25)8-6-16/h4-9,12-13,26H,3,10-11,14H2,1-2H3/b19-12+. The van der Waals surface area contributed by atoms with E-state index in [9.17, 15) is 14.0 Å². The van der Waals surface area contributed by atoms with Crippen molar-refractivity contribution in [3.63, 3.8) is 0 Å². The number of hydrogen-bond donors (Lipinski definition) is 1. The second-order valence-corrected chi connectivity index (χ2v) is 9.46. The molecule has 176 valence electrons. The highest BCUT2D eigenvalue weighted by atomic mass is 32.2. The minimum absolute atomic E-state index is 0.221. The van der Waals surface area contributed by atoms with E-state index in [2.05, 4.69) is 10.3 Å². The van der Waals surface area contributed by atoms with Crippen LogP contribution in [0.25, 0.3) is 11.7 Å². The van der Waals surface area contributed by atoms with E-state index in [1.54, 1.807) is 37.6 Å². The number of carbonyl (C=O) groups is 1. The molecule has 1 N–H and O–H groups in total. The van der Waals surface area contributed by atoms with E-state index in [0.29, 0.717) is 33.8 Å². The van der Waals surface area contributed by atoms with Gasteiger partial charge >= 0.3 is 0 Å². The highest BCUT2D eigenvalue weighted by Gasteiger charge is 2.32. The number of halogens is 1. The van der Waals surface area contributed by atoms with Crippen LogP contribution in [0.1, 0.15) is 23.1 Å². The van der Waals surface area contributed by atoms with Crippen LogP contribution < -0.4 is 10.9 Å². The number of amides is 1. The van der Waals surface area contributed by atoms with Crippen LogP contribution in [0.4, 0.5) is 10.2 Å². The first-order valence-electron chi connectivity index (χ1n) is 10.6. The number of ether oxygens (including phenoxy) is 1. The second-order valence-electron chi connectivity index (χ2n) is 7.78. The number of aryl methyl sites for hydroxylation is 1. The number of methoxy groups -OCH3 is 1. The molecule has 1 fully saturated rings. The van der Waals surface area contributed by atoms with Gasteiger partial charge in [-0.3, -0.25) is 18.9 Å². The molecular weight excluding hydrogens is 475 g/mol. The van der Waals surface area contributed by atoms with E-state index >= 15 is 0 Å². The van der Waals surface area contributed by atoms with Gasteiger partial charge in [0.25, 0.3) is 11.5 Å². The summed E-state index contributed by atoms with van der Waals surface area (Å²) in [7, 11) is 1.63. The molecule has 7 nitrogen and oxygen atoms in total. The van der Waals surface area contributed by atoms with Crippen molar-refractivity contribution in [2.24, 2.45) is 0 Å². The third-order valence-corrected chi connectivity index (χ3v) is 6.60. The number of thiocarbonyl (C=S) groups is 1. The lowest BCUT2D eigenvalue weighted by Gasteiger charge is -2.14. The Kier molecular flexibility index (Phi) is 7.40. The van der Waals surface area contributed by atoms with E-state index in [1.165, 1.54) is 21.4 Å². The Labute approximate surface area is 205 Å². The number of pyridine rings is 1. The molecule has 34 heavy (non-hydrogen) atoms. The van der Waals surface area contributed by atoms with E-state index in [1.807, 2.05) is 13.0 Å². The molecule has 0 spiro atoms. The lowest BCUT2D eigenvalue weighted by atomic mass is 10.2. The van der Waals surface area contributed by atoms with Crippen LogP contribution in [0, 0.1) is 12.7 Å². The lowest BCUT2D eigenvalue weighted by molar-refractivity contribution is -0.122.